The number of carboxylic acid groups (broad SMARTS) is 1. The van der Waals surface area contributed by atoms with Gasteiger partial charge in [-0.2, -0.15) is 26.3 Å². The van der Waals surface area contributed by atoms with Crippen LogP contribution in [-0.4, -0.2) is 107 Å². The molecular weight excluding hydrogens is 559 g/mol. The number of carboxylic acids is 1. The second-order valence-electron chi connectivity index (χ2n) is 7.27. The SMILES string of the molecule is CC(=S)N(CC(F)(F)F)C1C(=O)N2C(C(=O)O)=C(C(CCNS(=O)(=O)O)Sc3nnn[nH]3)CS[C@@H]12. The number of fused-ring (bicyclic) bond motifs is 1. The zero-order valence-electron chi connectivity index (χ0n) is 17.6. The minimum absolute atomic E-state index is 0.00796. The first-order valence-corrected chi connectivity index (χ1v) is 13.3. The topological polar surface area (TPSA) is 182 Å². The van der Waals surface area contributed by atoms with Gasteiger partial charge in [-0.3, -0.25) is 14.2 Å². The van der Waals surface area contributed by atoms with Crippen molar-refractivity contribution in [2.45, 2.75) is 41.3 Å². The van der Waals surface area contributed by atoms with Crippen LogP contribution in [0.4, 0.5) is 13.2 Å². The number of alkyl halides is 3. The number of nitrogens with zero attached hydrogens (tertiary/aromatic N) is 5. The maximum absolute atomic E-state index is 13.1. The number of H-pyrrole nitrogens is 1. The first-order chi connectivity index (χ1) is 16.2. The Morgan fingerprint density at radius 2 is 2.17 bits per heavy atom. The number of halogens is 3. The molecule has 1 aromatic heterocycles. The third kappa shape index (κ3) is 6.61. The van der Waals surface area contributed by atoms with Gasteiger partial charge in [-0.05, 0) is 29.3 Å². The number of hydrogen-bond donors (Lipinski definition) is 4. The second kappa shape index (κ2) is 10.5. The van der Waals surface area contributed by atoms with Crippen LogP contribution in [0.5, 0.6) is 0 Å². The molecule has 2 unspecified atom stereocenters. The lowest BCUT2D eigenvalue weighted by molar-refractivity contribution is -0.164. The van der Waals surface area contributed by atoms with Crippen molar-refractivity contribution in [1.82, 2.24) is 35.1 Å². The van der Waals surface area contributed by atoms with E-state index in [2.05, 4.69) is 20.6 Å². The van der Waals surface area contributed by atoms with Crippen molar-refractivity contribution < 1.29 is 40.8 Å². The fourth-order valence-electron chi connectivity index (χ4n) is 3.58. The molecule has 1 fully saturated rings. The molecule has 4 N–H and O–H groups in total. The summed E-state index contributed by atoms with van der Waals surface area (Å²) in [7, 11) is -4.52. The fourth-order valence-corrected chi connectivity index (χ4v) is 6.75. The molecule has 1 saturated heterocycles. The van der Waals surface area contributed by atoms with Gasteiger partial charge >= 0.3 is 22.4 Å². The summed E-state index contributed by atoms with van der Waals surface area (Å²) in [6.07, 6.45) is -4.67. The van der Waals surface area contributed by atoms with E-state index in [1.165, 1.54) is 6.92 Å². The molecule has 3 heterocycles. The van der Waals surface area contributed by atoms with Crippen LogP contribution in [0.15, 0.2) is 16.4 Å². The van der Waals surface area contributed by atoms with Crippen molar-refractivity contribution in [2.75, 3.05) is 18.8 Å². The van der Waals surface area contributed by atoms with Crippen molar-refractivity contribution in [3.63, 3.8) is 0 Å². The summed E-state index contributed by atoms with van der Waals surface area (Å²) >= 11 is 6.93. The molecule has 2 aliphatic heterocycles. The highest BCUT2D eigenvalue weighted by atomic mass is 32.2. The van der Waals surface area contributed by atoms with Crippen molar-refractivity contribution in [3.8, 4) is 0 Å². The smallest absolute Gasteiger partial charge is 0.405 e. The maximum Gasteiger partial charge on any atom is 0.405 e. The number of amides is 1. The number of hydrogen-bond acceptors (Lipinski definition) is 10. The van der Waals surface area contributed by atoms with Crippen molar-refractivity contribution >= 4 is 62.9 Å². The van der Waals surface area contributed by atoms with E-state index in [0.717, 1.165) is 33.3 Å². The normalized spacial score (nSPS) is 21.4. The Labute approximate surface area is 210 Å². The number of aliphatic carboxylic acids is 1. The van der Waals surface area contributed by atoms with Crippen LogP contribution in [0.25, 0.3) is 0 Å². The van der Waals surface area contributed by atoms with Gasteiger partial charge in [-0.15, -0.1) is 16.9 Å². The van der Waals surface area contributed by atoms with Crippen molar-refractivity contribution in [2.24, 2.45) is 0 Å². The number of carbonyl (C=O) groups is 2. The minimum Gasteiger partial charge on any atom is -0.477 e. The number of tetrazole rings is 1. The summed E-state index contributed by atoms with van der Waals surface area (Å²) < 4.78 is 72.1. The lowest BCUT2D eigenvalue weighted by Crippen LogP contribution is -2.72. The predicted octanol–water partition coefficient (Wildman–Crippen LogP) is 0.277. The highest BCUT2D eigenvalue weighted by Gasteiger charge is 2.57. The molecule has 2 aliphatic rings. The summed E-state index contributed by atoms with van der Waals surface area (Å²) in [5.41, 5.74) is -0.202. The molecule has 0 saturated carbocycles. The number of thiocarbonyl (C=S) groups is 1. The van der Waals surface area contributed by atoms with Crippen LogP contribution in [0.2, 0.25) is 0 Å². The number of rotatable bonds is 10. The summed E-state index contributed by atoms with van der Waals surface area (Å²) in [5, 5.41) is 21.4. The van der Waals surface area contributed by atoms with Gasteiger partial charge in [-0.1, -0.05) is 24.0 Å². The molecule has 0 spiro atoms. The van der Waals surface area contributed by atoms with Crippen LogP contribution in [0.3, 0.4) is 0 Å². The molecule has 1 amide bonds. The van der Waals surface area contributed by atoms with Gasteiger partial charge in [0.2, 0.25) is 5.16 Å². The van der Waals surface area contributed by atoms with Gasteiger partial charge in [0.05, 0.1) is 4.99 Å². The van der Waals surface area contributed by atoms with E-state index in [0.29, 0.717) is 0 Å². The van der Waals surface area contributed by atoms with Crippen molar-refractivity contribution in [3.05, 3.63) is 11.3 Å². The highest BCUT2D eigenvalue weighted by molar-refractivity contribution is 8.01. The first kappa shape index (κ1) is 27.6. The van der Waals surface area contributed by atoms with Gasteiger partial charge in [0.15, 0.2) is 0 Å². The van der Waals surface area contributed by atoms with Crippen LogP contribution < -0.4 is 4.72 Å². The lowest BCUT2D eigenvalue weighted by atomic mass is 9.99. The summed E-state index contributed by atoms with van der Waals surface area (Å²) in [4.78, 5) is 26.6. The number of β-lactam (4-membered cyclic amide) rings is 1. The molecule has 0 bridgehead atoms. The Morgan fingerprint density at radius 3 is 2.69 bits per heavy atom. The number of aromatic nitrogens is 4. The molecular formula is C15H18F3N7O6S4. The third-order valence-corrected chi connectivity index (χ3v) is 8.21. The molecule has 13 nitrogen and oxygen atoms in total. The average Bonchev–Trinajstić information content (AvgIpc) is 3.22. The Bertz CT molecular complexity index is 1130. The standard InChI is InChI=1S/C15H18F3N7O6S4/c1-6(32)24(5-15(16,17)18)10-11(26)25-9(13(27)28)7(4-33-12(10)25)8(2-3-19-35(29,30)31)34-14-20-22-23-21-14/h8,10,12,19H,2-5H2,1H3,(H,27,28)(H,29,30,31)(H,20,21,22,23)/t8?,10?,12-/m0/s1. The third-order valence-electron chi connectivity index (χ3n) is 4.92. The van der Waals surface area contributed by atoms with E-state index in [1.807, 2.05) is 4.72 Å². The van der Waals surface area contributed by atoms with E-state index in [4.69, 9.17) is 16.8 Å². The predicted molar refractivity (Wildman–Crippen MR) is 121 cm³/mol. The zero-order chi connectivity index (χ0) is 26.1. The number of carbonyl (C=O) groups excluding carboxylic acids is 1. The quantitative estimate of drug-likeness (QED) is 0.129. The molecule has 1 aromatic rings. The summed E-state index contributed by atoms with van der Waals surface area (Å²) in [6, 6.07) is -1.29. The summed E-state index contributed by atoms with van der Waals surface area (Å²) in [6.45, 7) is -0.492. The summed E-state index contributed by atoms with van der Waals surface area (Å²) in [5.74, 6) is -2.33. The number of nitrogens with one attached hydrogen (secondary N) is 2. The van der Waals surface area contributed by atoms with Gasteiger partial charge < -0.3 is 10.0 Å². The Balaban J connectivity index is 1.93. The molecule has 194 valence electrons. The molecule has 3 rings (SSSR count). The highest BCUT2D eigenvalue weighted by Crippen LogP contribution is 2.46. The molecule has 20 heteroatoms. The van der Waals surface area contributed by atoms with Crippen LogP contribution in [0.1, 0.15) is 13.3 Å². The van der Waals surface area contributed by atoms with Crippen molar-refractivity contribution in [1.29, 1.82) is 0 Å². The lowest BCUT2D eigenvalue weighted by Gasteiger charge is -2.53. The molecule has 0 aliphatic carbocycles. The van der Waals surface area contributed by atoms with E-state index >= 15 is 0 Å². The van der Waals surface area contributed by atoms with Crippen LogP contribution in [0, 0.1) is 0 Å². The Kier molecular flexibility index (Phi) is 8.31. The minimum atomic E-state index is -4.64. The van der Waals surface area contributed by atoms with E-state index in [-0.39, 0.29) is 34.4 Å². The monoisotopic (exact) mass is 577 g/mol. The fraction of sp³-hybridized carbons (Fsp3) is 0.600. The van der Waals surface area contributed by atoms with Gasteiger partial charge in [0.1, 0.15) is 23.7 Å². The van der Waals surface area contributed by atoms with Gasteiger partial charge in [0, 0.05) is 17.5 Å². The van der Waals surface area contributed by atoms with Gasteiger partial charge in [-0.25, -0.2) is 9.89 Å². The Morgan fingerprint density at radius 1 is 1.49 bits per heavy atom. The van der Waals surface area contributed by atoms with Gasteiger partial charge in [0.25, 0.3) is 5.91 Å². The number of thioether (sulfide) groups is 2. The zero-order valence-corrected chi connectivity index (χ0v) is 20.9. The van der Waals surface area contributed by atoms with Crippen LogP contribution in [-0.2, 0) is 19.9 Å². The van der Waals surface area contributed by atoms with E-state index in [9.17, 15) is 36.3 Å². The van der Waals surface area contributed by atoms with E-state index < -0.39 is 57.3 Å². The average molecular weight is 578 g/mol. The molecule has 35 heavy (non-hydrogen) atoms. The molecule has 3 atom stereocenters. The first-order valence-electron chi connectivity index (χ1n) is 9.57. The maximum atomic E-state index is 13.1. The van der Waals surface area contributed by atoms with Crippen LogP contribution >= 0.6 is 35.7 Å². The number of aromatic amines is 1. The van der Waals surface area contributed by atoms with E-state index in [1.54, 1.807) is 0 Å². The largest absolute Gasteiger partial charge is 0.477 e. The second-order valence-corrected chi connectivity index (χ2v) is 11.4. The Hall–Kier alpha value is -2.00. The molecule has 0 radical (unpaired) electrons. The molecule has 0 aromatic carbocycles.